The molecule has 10 atom stereocenters. The van der Waals surface area contributed by atoms with E-state index in [4.69, 9.17) is 47.4 Å². The fourth-order valence-corrected chi connectivity index (χ4v) is 5.86. The quantitative estimate of drug-likeness (QED) is 0.225. The van der Waals surface area contributed by atoms with Crippen molar-refractivity contribution in [3.63, 3.8) is 0 Å². The van der Waals surface area contributed by atoms with Crippen LogP contribution in [0.3, 0.4) is 0 Å². The van der Waals surface area contributed by atoms with Crippen LogP contribution >= 0.6 is 0 Å². The van der Waals surface area contributed by atoms with Crippen LogP contribution in [-0.2, 0) is 79.8 Å². The highest BCUT2D eigenvalue weighted by Crippen LogP contribution is 2.38. The van der Waals surface area contributed by atoms with Gasteiger partial charge < -0.3 is 47.4 Å². The molecule has 0 saturated carbocycles. The molecule has 0 amide bonds. The largest absolute Gasteiger partial charge is 0.463 e. The zero-order chi connectivity index (χ0) is 34.2. The first-order chi connectivity index (χ1) is 23.1. The summed E-state index contributed by atoms with van der Waals surface area (Å²) >= 11 is 0. The van der Waals surface area contributed by atoms with E-state index >= 15 is 0 Å². The first-order valence-electron chi connectivity index (χ1n) is 15.6. The third kappa shape index (κ3) is 9.15. The van der Waals surface area contributed by atoms with Crippen LogP contribution < -0.4 is 0 Å². The number of esters is 4. The molecule has 3 fully saturated rings. The van der Waals surface area contributed by atoms with Crippen LogP contribution in [0.4, 0.5) is 0 Å². The van der Waals surface area contributed by atoms with Crippen LogP contribution in [0.2, 0.25) is 0 Å². The molecule has 260 valence electrons. The van der Waals surface area contributed by atoms with Gasteiger partial charge in [-0.15, -0.1) is 0 Å². The maximum atomic E-state index is 12.4. The number of fused-ring (bicyclic) bond motifs is 2. The van der Waals surface area contributed by atoms with Crippen molar-refractivity contribution in [2.24, 2.45) is 0 Å². The van der Waals surface area contributed by atoms with Gasteiger partial charge in [0.2, 0.25) is 0 Å². The minimum atomic E-state index is -1.47. The molecule has 3 saturated heterocycles. The number of ether oxygens (including phenoxy) is 10. The molecule has 14 nitrogen and oxygen atoms in total. The second kappa shape index (κ2) is 16.5. The Kier molecular flexibility index (Phi) is 12.1. The van der Waals surface area contributed by atoms with Gasteiger partial charge in [-0.25, -0.2) is 0 Å². The molecule has 3 heterocycles. The summed E-state index contributed by atoms with van der Waals surface area (Å²) in [5, 5.41) is 0. The van der Waals surface area contributed by atoms with Crippen LogP contribution in [-0.4, -0.2) is 98.5 Å². The second-order valence-electron chi connectivity index (χ2n) is 11.6. The van der Waals surface area contributed by atoms with Crippen molar-refractivity contribution < 1.29 is 66.5 Å². The molecule has 0 N–H and O–H groups in total. The Hall–Kier alpha value is -3.92. The van der Waals surface area contributed by atoms with E-state index in [9.17, 15) is 19.2 Å². The lowest BCUT2D eigenvalue weighted by Crippen LogP contribution is -2.65. The molecule has 2 aromatic carbocycles. The highest BCUT2D eigenvalue weighted by atomic mass is 16.8. The predicted octanol–water partition coefficient (Wildman–Crippen LogP) is 2.38. The zero-order valence-electron chi connectivity index (χ0n) is 27.1. The number of carbonyl (C=O) groups excluding carboxylic acids is 4. The maximum Gasteiger partial charge on any atom is 0.303 e. The first kappa shape index (κ1) is 35.4. The highest BCUT2D eigenvalue weighted by molar-refractivity contribution is 5.68. The zero-order valence-corrected chi connectivity index (χ0v) is 27.1. The van der Waals surface area contributed by atoms with Gasteiger partial charge >= 0.3 is 23.9 Å². The van der Waals surface area contributed by atoms with Crippen molar-refractivity contribution in [3.8, 4) is 0 Å². The molecule has 3 aliphatic rings. The van der Waals surface area contributed by atoms with E-state index in [-0.39, 0.29) is 19.8 Å². The highest BCUT2D eigenvalue weighted by Gasteiger charge is 2.58. The van der Waals surface area contributed by atoms with Crippen molar-refractivity contribution in [1.82, 2.24) is 0 Å². The first-order valence-corrected chi connectivity index (χ1v) is 15.6. The van der Waals surface area contributed by atoms with E-state index in [1.807, 2.05) is 60.7 Å². The van der Waals surface area contributed by atoms with Gasteiger partial charge in [0.15, 0.2) is 30.9 Å². The number of carbonyl (C=O) groups is 4. The molecule has 0 spiro atoms. The molecule has 14 heteroatoms. The summed E-state index contributed by atoms with van der Waals surface area (Å²) in [5.41, 5.74) is 1.82. The molecule has 0 unspecified atom stereocenters. The minimum absolute atomic E-state index is 0.188. The standard InChI is InChI=1S/C34H40O14/c1-19(35)39-17-26-28(43-20(2)36)30(44-21(3)37)32(45-22(4)38)34(47-26)48-31-29(41-16-24-13-9-6-10-14-24)27(25-18-42-33(31)46-25)40-15-23-11-7-5-8-12-23/h5-14,25-34H,15-18H2,1-4H3/t25-,26-,27+,28-,29+,30+,31-,32-,33-,34+/m1/s1. The molecule has 0 radical (unpaired) electrons. The van der Waals surface area contributed by atoms with Gasteiger partial charge in [-0.05, 0) is 11.1 Å². The van der Waals surface area contributed by atoms with Gasteiger partial charge in [-0.2, -0.15) is 0 Å². The van der Waals surface area contributed by atoms with E-state index in [0.717, 1.165) is 31.9 Å². The summed E-state index contributed by atoms with van der Waals surface area (Å²) in [6.45, 7) is 4.86. The smallest absolute Gasteiger partial charge is 0.303 e. The molecular weight excluding hydrogens is 632 g/mol. The Morgan fingerprint density at radius 2 is 1.17 bits per heavy atom. The van der Waals surface area contributed by atoms with Gasteiger partial charge in [0, 0.05) is 27.7 Å². The molecule has 48 heavy (non-hydrogen) atoms. The third-order valence-electron chi connectivity index (χ3n) is 7.83. The number of benzene rings is 2. The van der Waals surface area contributed by atoms with Gasteiger partial charge in [-0.1, -0.05) is 60.7 Å². The predicted molar refractivity (Wildman–Crippen MR) is 161 cm³/mol. The van der Waals surface area contributed by atoms with E-state index < -0.39 is 91.9 Å². The van der Waals surface area contributed by atoms with E-state index in [2.05, 4.69) is 0 Å². The van der Waals surface area contributed by atoms with E-state index in [1.54, 1.807) is 0 Å². The van der Waals surface area contributed by atoms with Gasteiger partial charge in [0.05, 0.1) is 19.8 Å². The van der Waals surface area contributed by atoms with Gasteiger partial charge in [0.25, 0.3) is 0 Å². The second-order valence-corrected chi connectivity index (χ2v) is 11.6. The van der Waals surface area contributed by atoms with Gasteiger partial charge in [-0.3, -0.25) is 19.2 Å². The third-order valence-corrected chi connectivity index (χ3v) is 7.83. The molecule has 0 aromatic heterocycles. The van der Waals surface area contributed by atoms with E-state index in [0.29, 0.717) is 0 Å². The topological polar surface area (TPSA) is 161 Å². The number of hydrogen-bond donors (Lipinski definition) is 0. The monoisotopic (exact) mass is 672 g/mol. The van der Waals surface area contributed by atoms with Crippen LogP contribution in [0.15, 0.2) is 60.7 Å². The average Bonchev–Trinajstić information content (AvgIpc) is 3.48. The number of rotatable bonds is 13. The fourth-order valence-electron chi connectivity index (χ4n) is 5.86. The SMILES string of the molecule is CC(=O)OC[C@H]1O[C@@H](O[C@H]2[C@@H]3OC[C@@H](O3)[C@H](OCc3ccccc3)[C@@H]2OCc2ccccc2)[C@H](OC(C)=O)[C@@H](OC(C)=O)[C@@H]1OC(C)=O. The molecular formula is C34H40O14. The molecule has 2 aromatic rings. The molecule has 3 aliphatic heterocycles. The van der Waals surface area contributed by atoms with Crippen LogP contribution in [0.1, 0.15) is 38.8 Å². The normalized spacial score (nSPS) is 31.0. The van der Waals surface area contributed by atoms with Crippen molar-refractivity contribution >= 4 is 23.9 Å². The summed E-state index contributed by atoms with van der Waals surface area (Å²) in [4.78, 5) is 48.6. The summed E-state index contributed by atoms with van der Waals surface area (Å²) in [6.07, 6.45) is -10.8. The lowest BCUT2D eigenvalue weighted by atomic mass is 9.97. The van der Waals surface area contributed by atoms with Crippen molar-refractivity contribution in [2.75, 3.05) is 13.2 Å². The minimum Gasteiger partial charge on any atom is -0.463 e. The average molecular weight is 673 g/mol. The molecule has 5 rings (SSSR count). The lowest BCUT2D eigenvalue weighted by molar-refractivity contribution is -0.352. The van der Waals surface area contributed by atoms with Crippen molar-refractivity contribution in [1.29, 1.82) is 0 Å². The summed E-state index contributed by atoms with van der Waals surface area (Å²) in [6, 6.07) is 19.1. The Morgan fingerprint density at radius 3 is 1.73 bits per heavy atom. The Balaban J connectivity index is 1.48. The molecule has 0 aliphatic carbocycles. The fraction of sp³-hybridized carbons (Fsp3) is 0.529. The lowest BCUT2D eigenvalue weighted by Gasteiger charge is -2.47. The molecule has 2 bridgehead atoms. The van der Waals surface area contributed by atoms with Crippen LogP contribution in [0.5, 0.6) is 0 Å². The Morgan fingerprint density at radius 1 is 0.625 bits per heavy atom. The van der Waals surface area contributed by atoms with E-state index in [1.165, 1.54) is 6.92 Å². The van der Waals surface area contributed by atoms with Crippen LogP contribution in [0.25, 0.3) is 0 Å². The Labute approximate surface area is 277 Å². The Bertz CT molecular complexity index is 1390. The van der Waals surface area contributed by atoms with Crippen molar-refractivity contribution in [3.05, 3.63) is 71.8 Å². The number of hydrogen-bond acceptors (Lipinski definition) is 14. The van der Waals surface area contributed by atoms with Crippen LogP contribution in [0, 0.1) is 0 Å². The summed E-state index contributed by atoms with van der Waals surface area (Å²) in [5.74, 6) is -2.90. The summed E-state index contributed by atoms with van der Waals surface area (Å²) < 4.78 is 59.7. The maximum absolute atomic E-state index is 12.4. The van der Waals surface area contributed by atoms with Crippen molar-refractivity contribution in [2.45, 2.75) is 102 Å². The van der Waals surface area contributed by atoms with Gasteiger partial charge in [0.1, 0.15) is 37.1 Å². The summed E-state index contributed by atoms with van der Waals surface area (Å²) in [7, 11) is 0.